The van der Waals surface area contributed by atoms with Crippen LogP contribution in [0.2, 0.25) is 0 Å². The van der Waals surface area contributed by atoms with E-state index in [2.05, 4.69) is 92.5 Å². The van der Waals surface area contributed by atoms with Crippen LogP contribution in [0.25, 0.3) is 0 Å². The predicted octanol–water partition coefficient (Wildman–Crippen LogP) is 0.00220. The first-order valence-electron chi connectivity index (χ1n) is 14.3. The second-order valence-electron chi connectivity index (χ2n) is 8.86. The van der Waals surface area contributed by atoms with Crippen molar-refractivity contribution in [2.24, 2.45) is 0 Å². The van der Waals surface area contributed by atoms with Gasteiger partial charge in [0.25, 0.3) is 0 Å². The normalized spacial score (nSPS) is 9.28. The summed E-state index contributed by atoms with van der Waals surface area (Å²) in [4.78, 5) is 43.3. The Bertz CT molecular complexity index is 1380. The minimum Gasteiger partial charge on any atom is -0.790 e. The van der Waals surface area contributed by atoms with Crippen LogP contribution in [0.1, 0.15) is 107 Å². The standard InChI is InChI=1S/C18H37O8P.C16H4OS.2Na.11H2/c1-2-3-4-5-6-7-8-9-10-11-12-13-18(20)26-17(14-24-16-19)15-25-27(21,22)23;1-3-4-5-6-7-8-9-10-11-12-13-14-15-18-16(2)17;;;;;;;;;;;;;/h17,19H,2-16H2,1H3,(H2,21,22,23);1H,2H3;;;11*1H/q;;2*+1;;;;;;;;;;;/p-2/t17-;;;;;;;;;;;;;;/m0............../s1. The van der Waals surface area contributed by atoms with Crippen molar-refractivity contribution >= 4 is 30.7 Å². The molecular formula is C34H61Na2O9PS. The number of aliphatic hydroxyl groups excluding tert-OH is 1. The summed E-state index contributed by atoms with van der Waals surface area (Å²) < 4.78 is 24.3. The average molecular weight is 723 g/mol. The fourth-order valence-corrected chi connectivity index (χ4v) is 3.69. The second kappa shape index (κ2) is 40.6. The van der Waals surface area contributed by atoms with Gasteiger partial charge < -0.3 is 33.5 Å². The van der Waals surface area contributed by atoms with Crippen molar-refractivity contribution in [1.82, 2.24) is 0 Å². The van der Waals surface area contributed by atoms with E-state index in [0.717, 1.165) is 31.0 Å². The fourth-order valence-electron chi connectivity index (χ4n) is 3.09. The van der Waals surface area contributed by atoms with E-state index in [9.17, 15) is 23.9 Å². The van der Waals surface area contributed by atoms with Gasteiger partial charge in [0, 0.05) is 40.8 Å². The Labute approximate surface area is 346 Å². The van der Waals surface area contributed by atoms with Crippen LogP contribution < -0.4 is 68.9 Å². The number of ether oxygens (including phenoxy) is 2. The first-order valence-corrected chi connectivity index (χ1v) is 16.6. The molecule has 9 nitrogen and oxygen atoms in total. The van der Waals surface area contributed by atoms with Gasteiger partial charge in [-0.1, -0.05) is 71.1 Å². The van der Waals surface area contributed by atoms with Gasteiger partial charge >= 0.3 is 65.1 Å². The van der Waals surface area contributed by atoms with Crippen LogP contribution in [-0.4, -0.2) is 42.3 Å². The first-order chi connectivity index (χ1) is 21.7. The van der Waals surface area contributed by atoms with E-state index >= 15 is 0 Å². The largest absolute Gasteiger partial charge is 1.00 e. The molecule has 0 radical (unpaired) electrons. The number of phosphoric acid groups is 1. The molecule has 47 heavy (non-hydrogen) atoms. The van der Waals surface area contributed by atoms with Crippen LogP contribution in [0.5, 0.6) is 0 Å². The topological polar surface area (TPSA) is 145 Å². The van der Waals surface area contributed by atoms with E-state index in [4.69, 9.17) is 16.3 Å². The van der Waals surface area contributed by atoms with Crippen molar-refractivity contribution in [1.29, 1.82) is 0 Å². The minimum absolute atomic E-state index is 0. The molecule has 0 saturated carbocycles. The summed E-state index contributed by atoms with van der Waals surface area (Å²) >= 11 is 0.889. The smallest absolute Gasteiger partial charge is 0.790 e. The van der Waals surface area contributed by atoms with Crippen LogP contribution in [-0.2, 0) is 28.2 Å². The van der Waals surface area contributed by atoms with E-state index < -0.39 is 33.3 Å². The SMILES string of the molecule is C#CC#CC#CC#CC#CC#CC#CSC(C)=O.CCCCCCCCCCCCCC(=O)O[C@@H](COCO)COP(=O)([O-])[O-].[HH].[HH].[HH].[HH].[HH].[HH].[HH].[HH].[HH].[HH].[HH].[Na+].[Na+]. The van der Waals surface area contributed by atoms with Gasteiger partial charge in [0.05, 0.1) is 21.0 Å². The average Bonchev–Trinajstić information content (AvgIpc) is 2.99. The molecule has 0 aliphatic carbocycles. The van der Waals surface area contributed by atoms with Gasteiger partial charge in [-0.2, -0.15) is 0 Å². The zero-order valence-corrected chi connectivity index (χ0v) is 33.5. The summed E-state index contributed by atoms with van der Waals surface area (Å²) in [5.41, 5.74) is 0. The van der Waals surface area contributed by atoms with Crippen molar-refractivity contribution in [2.75, 3.05) is 20.0 Å². The quantitative estimate of drug-likeness (QED) is 0.0484. The molecule has 0 fully saturated rings. The number of carbonyl (C=O) groups is 2. The van der Waals surface area contributed by atoms with E-state index in [1.807, 2.05) is 0 Å². The fraction of sp³-hybridized carbons (Fsp3) is 0.529. The molecule has 0 unspecified atom stereocenters. The minimum atomic E-state index is -5.15. The molecule has 0 aromatic carbocycles. The Kier molecular flexibility index (Phi) is 45.2. The number of thioether (sulfide) groups is 1. The van der Waals surface area contributed by atoms with Crippen LogP contribution in [0, 0.1) is 82.7 Å². The van der Waals surface area contributed by atoms with Crippen LogP contribution in [0.4, 0.5) is 0 Å². The monoisotopic (exact) mass is 722 g/mol. The summed E-state index contributed by atoms with van der Waals surface area (Å²) in [6.07, 6.45) is 16.9. The number of hydrogen-bond donors (Lipinski definition) is 1. The molecule has 0 aliphatic rings. The maximum Gasteiger partial charge on any atom is 1.00 e. The number of terminal acetylenes is 1. The van der Waals surface area contributed by atoms with Crippen LogP contribution in [0.15, 0.2) is 0 Å². The molecule has 0 aromatic heterocycles. The third kappa shape index (κ3) is 48.9. The van der Waals surface area contributed by atoms with Gasteiger partial charge in [-0.25, -0.2) is 0 Å². The zero-order chi connectivity index (χ0) is 33.9. The molecule has 0 heterocycles. The molecule has 0 amide bonds. The number of hydrogen-bond acceptors (Lipinski definition) is 10. The molecule has 264 valence electrons. The maximum absolute atomic E-state index is 11.8. The summed E-state index contributed by atoms with van der Waals surface area (Å²) in [5, 5.41) is 11.0. The van der Waals surface area contributed by atoms with E-state index in [0.29, 0.717) is 6.42 Å². The van der Waals surface area contributed by atoms with E-state index in [-0.39, 0.29) is 93.0 Å². The van der Waals surface area contributed by atoms with Crippen LogP contribution >= 0.6 is 19.6 Å². The van der Waals surface area contributed by atoms with Crippen molar-refractivity contribution in [3.8, 4) is 82.7 Å². The van der Waals surface area contributed by atoms with Gasteiger partial charge in [0.1, 0.15) is 12.9 Å². The van der Waals surface area contributed by atoms with Gasteiger partial charge in [-0.3, -0.25) is 9.59 Å². The van der Waals surface area contributed by atoms with E-state index in [1.54, 1.807) is 0 Å². The van der Waals surface area contributed by atoms with Gasteiger partial charge in [0.2, 0.25) is 0 Å². The summed E-state index contributed by atoms with van der Waals surface area (Å²) in [7, 11) is -5.15. The van der Waals surface area contributed by atoms with Gasteiger partial charge in [0.15, 0.2) is 5.12 Å². The Balaban J connectivity index is -0.0000000418. The molecular weight excluding hydrogens is 661 g/mol. The van der Waals surface area contributed by atoms with Crippen molar-refractivity contribution in [3.63, 3.8) is 0 Å². The predicted molar refractivity (Wildman–Crippen MR) is 195 cm³/mol. The number of aliphatic hydroxyl groups is 1. The third-order valence-corrected chi connectivity index (χ3v) is 6.00. The number of phosphoric ester groups is 1. The molecule has 0 aliphatic heterocycles. The van der Waals surface area contributed by atoms with Crippen molar-refractivity contribution in [3.05, 3.63) is 0 Å². The Hall–Kier alpha value is -1.56. The van der Waals surface area contributed by atoms with E-state index in [1.165, 1.54) is 51.9 Å². The molecule has 1 N–H and O–H groups in total. The van der Waals surface area contributed by atoms with Crippen molar-refractivity contribution < 1.29 is 118 Å². The Morgan fingerprint density at radius 2 is 1.23 bits per heavy atom. The third-order valence-electron chi connectivity index (χ3n) is 5.04. The molecule has 1 atom stereocenters. The zero-order valence-electron chi connectivity index (χ0n) is 27.8. The molecule has 0 saturated heterocycles. The summed E-state index contributed by atoms with van der Waals surface area (Å²) in [6.45, 7) is 2.16. The summed E-state index contributed by atoms with van der Waals surface area (Å²) in [5.74, 6) is 28.4. The molecule has 0 spiro atoms. The Morgan fingerprint density at radius 3 is 1.66 bits per heavy atom. The Morgan fingerprint density at radius 1 is 0.787 bits per heavy atom. The maximum atomic E-state index is 11.8. The number of unbranched alkanes of at least 4 members (excludes halogenated alkanes) is 10. The number of carbonyl (C=O) groups excluding carboxylic acids is 2. The van der Waals surface area contributed by atoms with Crippen molar-refractivity contribution in [2.45, 2.75) is 97.0 Å². The molecule has 0 aromatic rings. The number of esters is 1. The van der Waals surface area contributed by atoms with Crippen LogP contribution in [0.3, 0.4) is 0 Å². The molecule has 0 bridgehead atoms. The first kappa shape index (κ1) is 52.3. The number of rotatable bonds is 19. The second-order valence-corrected chi connectivity index (χ2v) is 11.0. The molecule has 13 heteroatoms. The summed E-state index contributed by atoms with van der Waals surface area (Å²) in [6, 6.07) is 0. The van der Waals surface area contributed by atoms with Gasteiger partial charge in [-0.05, 0) is 82.7 Å². The van der Waals surface area contributed by atoms with Gasteiger partial charge in [-0.15, -0.1) is 6.42 Å². The molecule has 0 rings (SSSR count).